The number of rotatable bonds is 12. The van der Waals surface area contributed by atoms with Gasteiger partial charge in [-0.25, -0.2) is 24.0 Å². The Bertz CT molecular complexity index is 2740. The number of hydrogen-bond donors (Lipinski definition) is 4. The van der Waals surface area contributed by atoms with Crippen molar-refractivity contribution in [1.29, 1.82) is 0 Å². The number of amides is 3. The number of likely N-dealkylation sites (tertiary alicyclic amines) is 1. The fraction of sp³-hybridized carbons (Fsp3) is 0.642. The molecule has 6 aliphatic rings. The van der Waals surface area contributed by atoms with Crippen LogP contribution < -0.4 is 16.1 Å². The molecular weight excluding hydrogens is 977 g/mol. The second kappa shape index (κ2) is 21.0. The topological polar surface area (TPSA) is 204 Å². The van der Waals surface area contributed by atoms with Crippen LogP contribution in [0.2, 0.25) is 0 Å². The molecule has 6 bridgehead atoms. The lowest BCUT2D eigenvalue weighted by atomic mass is 9.82. The number of nitrogens with zero attached hydrogens (tertiary/aromatic N) is 6. The standard InChI is InChI=1S/C53H71F2N9O9S/c1-30(2)71-20-18-62-41-11-10-33-22-36(41)38(45(62)37-23-34(25-56-43(37)31(3)69-7)32-12-15-61-17-19-70-26-35(61)21-32)24-51(4,5)29-73-49(66)39-9-8-14-64(59-39)48(65)44(46(72-27-42(54)55)47-57-40(33)28-74-47)58-50(67)63-16-13-53(63)52(6,68)60-53/h10-11,22-23,25,28,30-32,35,39,42,44,46,59-60,68H,8-9,12-21,24,26-27,29H2,1-7H3,(H,58,67)/t31-,32+,35?,39-,44-,46-,52-,53-/m0/s1. The highest BCUT2D eigenvalue weighted by molar-refractivity contribution is 7.10. The van der Waals surface area contributed by atoms with Crippen LogP contribution in [-0.2, 0) is 46.2 Å². The maximum Gasteiger partial charge on any atom is 0.324 e. The lowest BCUT2D eigenvalue weighted by Crippen LogP contribution is -2.66. The van der Waals surface area contributed by atoms with E-state index >= 15 is 0 Å². The molecule has 0 saturated carbocycles. The molecule has 3 amide bonds. The monoisotopic (exact) mass is 1050 g/mol. The summed E-state index contributed by atoms with van der Waals surface area (Å²) in [5.74, 6) is -1.01. The molecule has 6 aliphatic heterocycles. The lowest BCUT2D eigenvalue weighted by molar-refractivity contribution is -0.156. The van der Waals surface area contributed by atoms with Gasteiger partial charge in [0.15, 0.2) is 5.72 Å². The third-order valence-electron chi connectivity index (χ3n) is 15.9. The average molecular weight is 1050 g/mol. The number of hydrogen-bond acceptors (Lipinski definition) is 15. The average Bonchev–Trinajstić information content (AvgIpc) is 3.59. The number of halogens is 2. The molecule has 1 unspecified atom stereocenters. The van der Waals surface area contributed by atoms with Crippen molar-refractivity contribution < 1.29 is 52.0 Å². The van der Waals surface area contributed by atoms with Crippen LogP contribution in [0.25, 0.3) is 33.4 Å². The number of thiazole rings is 1. The van der Waals surface area contributed by atoms with Gasteiger partial charge in [-0.05, 0) is 102 Å². The Balaban J connectivity index is 1.12. The number of aromatic nitrogens is 3. The van der Waals surface area contributed by atoms with E-state index in [1.165, 1.54) is 9.91 Å². The summed E-state index contributed by atoms with van der Waals surface area (Å²) in [6.45, 7) is 15.5. The number of esters is 1. The molecule has 8 atom stereocenters. The highest BCUT2D eigenvalue weighted by Gasteiger charge is 2.73. The van der Waals surface area contributed by atoms with Gasteiger partial charge in [-0.3, -0.25) is 29.8 Å². The summed E-state index contributed by atoms with van der Waals surface area (Å²) in [6, 6.07) is 5.54. The van der Waals surface area contributed by atoms with Gasteiger partial charge in [0.25, 0.3) is 12.3 Å². The number of pyridine rings is 1. The summed E-state index contributed by atoms with van der Waals surface area (Å²) >= 11 is 1.13. The van der Waals surface area contributed by atoms with Crippen LogP contribution >= 0.6 is 11.3 Å². The van der Waals surface area contributed by atoms with Gasteiger partial charge in [-0.1, -0.05) is 19.9 Å². The molecule has 9 heterocycles. The zero-order valence-corrected chi connectivity index (χ0v) is 44.3. The molecule has 74 heavy (non-hydrogen) atoms. The quantitative estimate of drug-likeness (QED) is 0.0913. The van der Waals surface area contributed by atoms with Crippen LogP contribution in [0.15, 0.2) is 35.8 Å². The van der Waals surface area contributed by atoms with Crippen LogP contribution in [-0.4, -0.2) is 161 Å². The van der Waals surface area contributed by atoms with Crippen molar-refractivity contribution in [3.05, 3.63) is 57.7 Å². The van der Waals surface area contributed by atoms with E-state index in [4.69, 9.17) is 33.7 Å². The van der Waals surface area contributed by atoms with E-state index in [1.807, 2.05) is 33.0 Å². The predicted octanol–water partition coefficient (Wildman–Crippen LogP) is 6.27. The molecular formula is C53H71F2N9O9S. The summed E-state index contributed by atoms with van der Waals surface area (Å²) in [5.41, 5.74) is 7.04. The Morgan fingerprint density at radius 1 is 1.09 bits per heavy atom. The van der Waals surface area contributed by atoms with Gasteiger partial charge in [0.2, 0.25) is 0 Å². The van der Waals surface area contributed by atoms with E-state index < -0.39 is 65.9 Å². The minimum absolute atomic E-state index is 0.0140. The maximum atomic E-state index is 14.9. The number of methoxy groups -OCH3 is 1. The van der Waals surface area contributed by atoms with Crippen LogP contribution in [0, 0.1) is 5.41 Å². The molecule has 4 aromatic rings. The number of morpholine rings is 1. The summed E-state index contributed by atoms with van der Waals surface area (Å²) < 4.78 is 61.1. The number of benzene rings is 1. The number of carbonyl (C=O) groups is 3. The van der Waals surface area contributed by atoms with Gasteiger partial charge < -0.3 is 43.6 Å². The molecule has 1 aromatic carbocycles. The van der Waals surface area contributed by atoms with Gasteiger partial charge in [-0.15, -0.1) is 11.3 Å². The Morgan fingerprint density at radius 2 is 1.91 bits per heavy atom. The number of hydrazine groups is 1. The van der Waals surface area contributed by atoms with Crippen molar-refractivity contribution in [1.82, 2.24) is 45.4 Å². The number of alkyl halides is 2. The fourth-order valence-corrected chi connectivity index (χ4v) is 12.6. The molecule has 0 radical (unpaired) electrons. The van der Waals surface area contributed by atoms with E-state index in [1.54, 1.807) is 19.4 Å². The first-order valence-electron chi connectivity index (χ1n) is 26.2. The zero-order valence-electron chi connectivity index (χ0n) is 43.5. The third-order valence-corrected chi connectivity index (χ3v) is 16.8. The van der Waals surface area contributed by atoms with Crippen molar-refractivity contribution in [3.8, 4) is 22.5 Å². The second-order valence-electron chi connectivity index (χ2n) is 22.1. The van der Waals surface area contributed by atoms with Crippen molar-refractivity contribution in [3.63, 3.8) is 0 Å². The molecule has 10 rings (SSSR count). The molecule has 4 N–H and O–H groups in total. The fourth-order valence-electron chi connectivity index (χ4n) is 11.7. The van der Waals surface area contributed by atoms with Crippen LogP contribution in [0.1, 0.15) is 114 Å². The Kier molecular flexibility index (Phi) is 15.0. The van der Waals surface area contributed by atoms with Gasteiger partial charge in [0.05, 0.1) is 55.7 Å². The SMILES string of the molecule is CO[C@@H](C)c1ncc([C@@H]2CCN3CCOCC3C2)cc1-c1c2c3cc(ccc3n1CCOC(C)C)-c1csc(n1)[C@@H](OCC(F)F)[C@H](NC(=O)N1CC[C@]13N[C@@]3(C)O)C(=O)N1CCC[C@H](N1)C(=O)OCC(C)(C)C2. The molecule has 3 aromatic heterocycles. The zero-order chi connectivity index (χ0) is 52.3. The van der Waals surface area contributed by atoms with Crippen molar-refractivity contribution in [2.24, 2.45) is 5.41 Å². The normalized spacial score (nSPS) is 28.8. The molecule has 21 heteroatoms. The van der Waals surface area contributed by atoms with Gasteiger partial charge in [0.1, 0.15) is 35.5 Å². The van der Waals surface area contributed by atoms with Gasteiger partial charge >= 0.3 is 12.0 Å². The summed E-state index contributed by atoms with van der Waals surface area (Å²) in [6.07, 6.45) is 0.884. The van der Waals surface area contributed by atoms with E-state index in [2.05, 4.69) is 57.6 Å². The number of aliphatic hydroxyl groups is 1. The van der Waals surface area contributed by atoms with E-state index in [9.17, 15) is 28.3 Å². The van der Waals surface area contributed by atoms with Crippen LogP contribution in [0.5, 0.6) is 0 Å². The smallest absolute Gasteiger partial charge is 0.324 e. The first-order valence-corrected chi connectivity index (χ1v) is 27.1. The largest absolute Gasteiger partial charge is 0.464 e. The van der Waals surface area contributed by atoms with Crippen molar-refractivity contribution in [2.45, 2.75) is 147 Å². The lowest BCUT2D eigenvalue weighted by Gasteiger charge is -2.43. The highest BCUT2D eigenvalue weighted by atomic mass is 32.1. The number of urea groups is 1. The molecule has 0 aliphatic carbocycles. The Hall–Kier alpha value is -4.71. The number of fused-ring (bicyclic) bond motifs is 7. The first kappa shape index (κ1) is 52.7. The third kappa shape index (κ3) is 10.3. The number of carbonyl (C=O) groups excluding carboxylic acids is 3. The first-order chi connectivity index (χ1) is 35.4. The minimum atomic E-state index is -2.91. The Labute approximate surface area is 434 Å². The molecule has 18 nitrogen and oxygen atoms in total. The Morgan fingerprint density at radius 3 is 2.64 bits per heavy atom. The minimum Gasteiger partial charge on any atom is -0.464 e. The number of piperidine rings is 1. The number of nitrogens with one attached hydrogen (secondary N) is 3. The van der Waals surface area contributed by atoms with E-state index in [0.717, 1.165) is 88.4 Å². The second-order valence-corrected chi connectivity index (χ2v) is 23.0. The molecule has 5 fully saturated rings. The number of ether oxygens (including phenoxy) is 5. The molecule has 5 saturated heterocycles. The van der Waals surface area contributed by atoms with Crippen molar-refractivity contribution in [2.75, 3.05) is 66.3 Å². The van der Waals surface area contributed by atoms with E-state index in [0.29, 0.717) is 57.2 Å². The van der Waals surface area contributed by atoms with Gasteiger partial charge in [0, 0.05) is 84.8 Å². The van der Waals surface area contributed by atoms with Crippen molar-refractivity contribution >= 4 is 40.1 Å². The predicted molar refractivity (Wildman–Crippen MR) is 272 cm³/mol. The highest BCUT2D eigenvalue weighted by Crippen LogP contribution is 2.49. The van der Waals surface area contributed by atoms with Crippen LogP contribution in [0.4, 0.5) is 13.6 Å². The maximum absolute atomic E-state index is 14.9. The number of cyclic esters (lactones) is 1. The molecule has 402 valence electrons. The van der Waals surface area contributed by atoms with E-state index in [-0.39, 0.29) is 42.8 Å². The molecule has 1 spiro atoms. The summed E-state index contributed by atoms with van der Waals surface area (Å²) in [7, 11) is 1.69. The summed E-state index contributed by atoms with van der Waals surface area (Å²) in [5, 5.41) is 20.7. The van der Waals surface area contributed by atoms with Crippen LogP contribution in [0.3, 0.4) is 0 Å². The van der Waals surface area contributed by atoms with Gasteiger partial charge in [-0.2, -0.15) is 0 Å². The summed E-state index contributed by atoms with van der Waals surface area (Å²) in [4.78, 5) is 57.4.